The van der Waals surface area contributed by atoms with Gasteiger partial charge in [0, 0.05) is 25.7 Å². The Morgan fingerprint density at radius 3 is 2.62 bits per heavy atom. The molecule has 7 heteroatoms. The van der Waals surface area contributed by atoms with Gasteiger partial charge in [0.1, 0.15) is 6.10 Å². The first-order valence-electron chi connectivity index (χ1n) is 9.24. The molecule has 0 spiro atoms. The molecule has 0 saturated carbocycles. The van der Waals surface area contributed by atoms with Crippen molar-refractivity contribution < 1.29 is 19.4 Å². The number of benzene rings is 1. The minimum absolute atomic E-state index is 0.117. The van der Waals surface area contributed by atoms with Crippen LogP contribution >= 0.6 is 0 Å². The van der Waals surface area contributed by atoms with Gasteiger partial charge < -0.3 is 14.7 Å². The number of hydrogen-bond donors (Lipinski definition) is 3. The van der Waals surface area contributed by atoms with Gasteiger partial charge in [-0.3, -0.25) is 15.6 Å². The minimum atomic E-state index is -0.990. The highest BCUT2D eigenvalue weighted by Crippen LogP contribution is 2.24. The fourth-order valence-electron chi connectivity index (χ4n) is 3.65. The Labute approximate surface area is 153 Å². The Hall–Kier alpha value is -1.96. The van der Waals surface area contributed by atoms with Crippen molar-refractivity contribution in [3.05, 3.63) is 35.9 Å². The summed E-state index contributed by atoms with van der Waals surface area (Å²) in [5.41, 5.74) is 7.95. The van der Waals surface area contributed by atoms with Crippen molar-refractivity contribution in [1.82, 2.24) is 15.8 Å². The van der Waals surface area contributed by atoms with Gasteiger partial charge in [0.15, 0.2) is 6.10 Å². The number of carboxylic acid groups (broad SMARTS) is 1. The summed E-state index contributed by atoms with van der Waals surface area (Å²) in [6.07, 6.45) is 2.30. The summed E-state index contributed by atoms with van der Waals surface area (Å²) in [5, 5.41) is 8.96. The molecular formula is C19H27N3O4. The van der Waals surface area contributed by atoms with Crippen LogP contribution in [0.4, 0.5) is 0 Å². The molecule has 3 rings (SSSR count). The molecule has 3 N–H and O–H groups in total. The van der Waals surface area contributed by atoms with E-state index in [0.29, 0.717) is 31.5 Å². The van der Waals surface area contributed by atoms with Crippen LogP contribution in [0.25, 0.3) is 0 Å². The molecule has 2 heterocycles. The molecule has 0 aliphatic carbocycles. The third kappa shape index (κ3) is 4.60. The summed E-state index contributed by atoms with van der Waals surface area (Å²) in [6.45, 7) is 0.643. The van der Waals surface area contributed by atoms with Crippen LogP contribution < -0.4 is 10.9 Å². The summed E-state index contributed by atoms with van der Waals surface area (Å²) < 4.78 is 5.34. The van der Waals surface area contributed by atoms with Crippen LogP contribution in [0.15, 0.2) is 30.3 Å². The lowest BCUT2D eigenvalue weighted by molar-refractivity contribution is -0.154. The van der Waals surface area contributed by atoms with Gasteiger partial charge >= 0.3 is 5.97 Å². The second-order valence-corrected chi connectivity index (χ2v) is 7.12. The zero-order chi connectivity index (χ0) is 18.5. The molecule has 0 radical (unpaired) electrons. The van der Waals surface area contributed by atoms with Crippen LogP contribution in [0.1, 0.15) is 43.7 Å². The van der Waals surface area contributed by atoms with Crippen LogP contribution in [0, 0.1) is 0 Å². The highest BCUT2D eigenvalue weighted by atomic mass is 16.5. The molecule has 2 fully saturated rings. The first-order chi connectivity index (χ1) is 12.5. The number of ether oxygens (including phenoxy) is 1. The summed E-state index contributed by atoms with van der Waals surface area (Å²) in [5.74, 6) is -1.11. The molecule has 1 amide bonds. The van der Waals surface area contributed by atoms with Gasteiger partial charge in [0.25, 0.3) is 5.91 Å². The lowest BCUT2D eigenvalue weighted by Gasteiger charge is -2.21. The van der Waals surface area contributed by atoms with E-state index in [2.05, 4.69) is 23.0 Å². The van der Waals surface area contributed by atoms with E-state index < -0.39 is 18.2 Å². The quantitative estimate of drug-likeness (QED) is 0.681. The Kier molecular flexibility index (Phi) is 6.24. The van der Waals surface area contributed by atoms with Crippen molar-refractivity contribution in [1.29, 1.82) is 0 Å². The zero-order valence-electron chi connectivity index (χ0n) is 15.1. The third-order valence-corrected chi connectivity index (χ3v) is 5.18. The van der Waals surface area contributed by atoms with Crippen molar-refractivity contribution in [2.75, 3.05) is 13.6 Å². The number of carbonyl (C=O) groups excluding carboxylic acids is 1. The Bertz CT molecular complexity index is 624. The SMILES string of the molecule is CN(CCCC1CC(c2ccccc2)NN1)C(=O)[C@@H]1CC[C@H](C(=O)O)O1. The van der Waals surface area contributed by atoms with Crippen molar-refractivity contribution in [3.63, 3.8) is 0 Å². The van der Waals surface area contributed by atoms with Crippen molar-refractivity contribution in [2.24, 2.45) is 0 Å². The molecule has 2 unspecified atom stereocenters. The number of carboxylic acids is 1. The number of nitrogens with one attached hydrogen (secondary N) is 2. The molecule has 2 aliphatic heterocycles. The molecule has 4 atom stereocenters. The fourth-order valence-corrected chi connectivity index (χ4v) is 3.65. The number of amides is 1. The van der Waals surface area contributed by atoms with Crippen molar-refractivity contribution in [2.45, 2.75) is 56.4 Å². The van der Waals surface area contributed by atoms with E-state index in [1.807, 2.05) is 18.2 Å². The molecular weight excluding hydrogens is 334 g/mol. The second-order valence-electron chi connectivity index (χ2n) is 7.12. The highest BCUT2D eigenvalue weighted by Gasteiger charge is 2.36. The van der Waals surface area contributed by atoms with Crippen LogP contribution in [0.2, 0.25) is 0 Å². The maximum atomic E-state index is 12.4. The van der Waals surface area contributed by atoms with Gasteiger partial charge in [-0.1, -0.05) is 30.3 Å². The molecule has 0 aromatic heterocycles. The highest BCUT2D eigenvalue weighted by molar-refractivity contribution is 5.82. The average Bonchev–Trinajstić information content (AvgIpc) is 3.31. The third-order valence-electron chi connectivity index (χ3n) is 5.18. The lowest BCUT2D eigenvalue weighted by Crippen LogP contribution is -2.38. The predicted octanol–water partition coefficient (Wildman–Crippen LogP) is 1.46. The van der Waals surface area contributed by atoms with E-state index in [0.717, 1.165) is 19.3 Å². The van der Waals surface area contributed by atoms with Gasteiger partial charge in [0.2, 0.25) is 0 Å². The van der Waals surface area contributed by atoms with E-state index in [1.54, 1.807) is 11.9 Å². The fraction of sp³-hybridized carbons (Fsp3) is 0.579. The lowest BCUT2D eigenvalue weighted by atomic mass is 10.00. The summed E-state index contributed by atoms with van der Waals surface area (Å²) in [4.78, 5) is 24.9. The van der Waals surface area contributed by atoms with E-state index >= 15 is 0 Å². The molecule has 1 aromatic carbocycles. The number of carbonyl (C=O) groups is 2. The van der Waals surface area contributed by atoms with E-state index in [4.69, 9.17) is 9.84 Å². The molecule has 7 nitrogen and oxygen atoms in total. The number of rotatable bonds is 7. The second kappa shape index (κ2) is 8.62. The van der Waals surface area contributed by atoms with Crippen LogP contribution in [0.5, 0.6) is 0 Å². The molecule has 2 saturated heterocycles. The summed E-state index contributed by atoms with van der Waals surface area (Å²) in [6, 6.07) is 11.1. The first-order valence-corrected chi connectivity index (χ1v) is 9.24. The Morgan fingerprint density at radius 1 is 1.19 bits per heavy atom. The molecule has 1 aromatic rings. The van der Waals surface area contributed by atoms with E-state index in [-0.39, 0.29) is 5.91 Å². The van der Waals surface area contributed by atoms with Crippen molar-refractivity contribution >= 4 is 11.9 Å². The number of nitrogens with zero attached hydrogens (tertiary/aromatic N) is 1. The maximum Gasteiger partial charge on any atom is 0.332 e. The number of aliphatic carboxylic acids is 1. The smallest absolute Gasteiger partial charge is 0.332 e. The minimum Gasteiger partial charge on any atom is -0.479 e. The van der Waals surface area contributed by atoms with E-state index in [1.165, 1.54) is 5.56 Å². The van der Waals surface area contributed by atoms with Gasteiger partial charge in [-0.25, -0.2) is 4.79 Å². The number of hydrogen-bond acceptors (Lipinski definition) is 5. The normalized spacial score (nSPS) is 28.2. The summed E-state index contributed by atoms with van der Waals surface area (Å²) in [7, 11) is 1.76. The van der Waals surface area contributed by atoms with Crippen LogP contribution in [0.3, 0.4) is 0 Å². The molecule has 26 heavy (non-hydrogen) atoms. The van der Waals surface area contributed by atoms with Gasteiger partial charge in [-0.15, -0.1) is 0 Å². The standard InChI is InChI=1S/C19H27N3O4/c1-22(18(23)16-9-10-17(26-16)19(24)25)11-5-8-14-12-15(21-20-14)13-6-3-2-4-7-13/h2-4,6-7,14-17,20-21H,5,8-12H2,1H3,(H,24,25)/t14?,15?,16-,17+/m0/s1. The number of likely N-dealkylation sites (N-methyl/N-ethyl adjacent to an activating group) is 1. The van der Waals surface area contributed by atoms with Crippen LogP contribution in [-0.2, 0) is 14.3 Å². The summed E-state index contributed by atoms with van der Waals surface area (Å²) >= 11 is 0. The molecule has 142 valence electrons. The Balaban J connectivity index is 1.37. The van der Waals surface area contributed by atoms with Crippen molar-refractivity contribution in [3.8, 4) is 0 Å². The Morgan fingerprint density at radius 2 is 1.92 bits per heavy atom. The van der Waals surface area contributed by atoms with Gasteiger partial charge in [-0.2, -0.15) is 0 Å². The maximum absolute atomic E-state index is 12.4. The average molecular weight is 361 g/mol. The first kappa shape index (κ1) is 18.8. The predicted molar refractivity (Wildman–Crippen MR) is 96.3 cm³/mol. The molecule has 2 aliphatic rings. The van der Waals surface area contributed by atoms with E-state index in [9.17, 15) is 9.59 Å². The van der Waals surface area contributed by atoms with Gasteiger partial charge in [-0.05, 0) is 37.7 Å². The zero-order valence-corrected chi connectivity index (χ0v) is 15.1. The largest absolute Gasteiger partial charge is 0.479 e. The number of hydrazine groups is 1. The van der Waals surface area contributed by atoms with Crippen LogP contribution in [-0.4, -0.2) is 53.7 Å². The van der Waals surface area contributed by atoms with Gasteiger partial charge in [0.05, 0.1) is 0 Å². The monoisotopic (exact) mass is 361 g/mol. The topological polar surface area (TPSA) is 90.9 Å². The molecule has 0 bridgehead atoms.